The van der Waals surface area contributed by atoms with E-state index >= 15 is 0 Å². The van der Waals surface area contributed by atoms with E-state index in [9.17, 15) is 9.00 Å². The number of hydrogen-bond acceptors (Lipinski definition) is 6. The van der Waals surface area contributed by atoms with Gasteiger partial charge in [-0.1, -0.05) is 17.7 Å². The van der Waals surface area contributed by atoms with E-state index in [2.05, 4.69) is 27.6 Å². The standard InChI is InChI=1S/C32H39ClN2O5S/c1-41(37)14-13-38-25-10-12-39-30(17-25)26-7-4-23(26)18-35-19-32(11-2-3-21-15-24(33)6-8-27(21)32)20-40-29-9-5-22(16-28(29)35)31(36)34-41/h5-6,8-9,15-16,23,25-26,30H,1-4,7,10-14,17-20H2,(H,34,36,37)/t23-,25-,26+,30+,32-,41?/m0/s1. The predicted molar refractivity (Wildman–Crippen MR) is 163 cm³/mol. The summed E-state index contributed by atoms with van der Waals surface area (Å²) < 4.78 is 35.0. The summed E-state index contributed by atoms with van der Waals surface area (Å²) in [6, 6.07) is 11.9. The van der Waals surface area contributed by atoms with Crippen LogP contribution in [0.25, 0.3) is 0 Å². The second kappa shape index (κ2) is 10.8. The molecule has 4 bridgehead atoms. The molecule has 2 aromatic rings. The van der Waals surface area contributed by atoms with Crippen LogP contribution in [0.2, 0.25) is 5.02 Å². The van der Waals surface area contributed by atoms with Gasteiger partial charge in [0.15, 0.2) is 0 Å². The summed E-state index contributed by atoms with van der Waals surface area (Å²) >= 11 is 6.42. The molecule has 0 aromatic heterocycles. The number of hydrogen-bond donors (Lipinski definition) is 1. The number of amides is 1. The van der Waals surface area contributed by atoms with Crippen LogP contribution in [0.4, 0.5) is 5.69 Å². The molecule has 2 aromatic carbocycles. The highest BCUT2D eigenvalue weighted by atomic mass is 35.5. The summed E-state index contributed by atoms with van der Waals surface area (Å²) in [5.74, 6) is 5.38. The van der Waals surface area contributed by atoms with Crippen LogP contribution < -0.4 is 14.4 Å². The molecule has 3 heterocycles. The van der Waals surface area contributed by atoms with Gasteiger partial charge < -0.3 is 19.1 Å². The lowest BCUT2D eigenvalue weighted by molar-refractivity contribution is -0.115. The van der Waals surface area contributed by atoms with Gasteiger partial charge in [-0.25, -0.2) is 4.21 Å². The van der Waals surface area contributed by atoms with Gasteiger partial charge in [0.05, 0.1) is 36.9 Å². The van der Waals surface area contributed by atoms with Gasteiger partial charge in [0.25, 0.3) is 5.91 Å². The first-order valence-corrected chi connectivity index (χ1v) is 17.3. The molecule has 7 nitrogen and oxygen atoms in total. The monoisotopic (exact) mass is 598 g/mol. The molecule has 1 saturated carbocycles. The first kappa shape index (κ1) is 27.6. The van der Waals surface area contributed by atoms with E-state index < -0.39 is 9.71 Å². The molecule has 2 aliphatic carbocycles. The SMILES string of the molecule is C=S1(=O)CCO[C@H]2CCO[C@H](C2)[C@@H]2CC[C@H]2CN2C[C@@]3(CCCc4cc(Cl)ccc43)COc3ccc(cc32)C(=O)N1. The minimum Gasteiger partial charge on any atom is -0.490 e. The van der Waals surface area contributed by atoms with E-state index in [1.807, 2.05) is 18.2 Å². The minimum absolute atomic E-state index is 0.0774. The van der Waals surface area contributed by atoms with Crippen LogP contribution in [0.15, 0.2) is 36.4 Å². The van der Waals surface area contributed by atoms with Gasteiger partial charge in [0.1, 0.15) is 5.75 Å². The Morgan fingerprint density at radius 3 is 2.85 bits per heavy atom. The minimum atomic E-state index is -2.86. The molecule has 3 aliphatic heterocycles. The molecule has 5 aliphatic rings. The Balaban J connectivity index is 1.28. The maximum atomic E-state index is 13.3. The third kappa shape index (κ3) is 5.37. The molecule has 6 atom stereocenters. The summed E-state index contributed by atoms with van der Waals surface area (Å²) in [6.45, 7) is 3.22. The molecular weight excluding hydrogens is 560 g/mol. The number of fused-ring (bicyclic) bond motifs is 7. The summed E-state index contributed by atoms with van der Waals surface area (Å²) in [5, 5.41) is 0.772. The molecule has 0 radical (unpaired) electrons. The Hall–Kier alpha value is -2.26. The average molecular weight is 599 g/mol. The second-order valence-electron chi connectivity index (χ2n) is 12.7. The Bertz CT molecular complexity index is 1450. The lowest BCUT2D eigenvalue weighted by atomic mass is 9.67. The number of nitrogens with zero attached hydrogens (tertiary/aromatic N) is 1. The average Bonchev–Trinajstić information content (AvgIpc) is 3.07. The second-order valence-corrected chi connectivity index (χ2v) is 15.3. The molecular formula is C32H39ClN2O5S. The summed E-state index contributed by atoms with van der Waals surface area (Å²) in [5.41, 5.74) is 3.83. The quantitative estimate of drug-likeness (QED) is 0.440. The number of rotatable bonds is 0. The maximum Gasteiger partial charge on any atom is 0.262 e. The number of anilines is 1. The van der Waals surface area contributed by atoms with Gasteiger partial charge in [0.2, 0.25) is 0 Å². The Labute approximate surface area is 248 Å². The number of carbonyl (C=O) groups is 1. The summed E-state index contributed by atoms with van der Waals surface area (Å²) in [4.78, 5) is 15.8. The van der Waals surface area contributed by atoms with Crippen LogP contribution in [0, 0.1) is 11.8 Å². The van der Waals surface area contributed by atoms with E-state index in [1.165, 1.54) is 11.1 Å². The Morgan fingerprint density at radius 1 is 1.10 bits per heavy atom. The molecule has 1 saturated heterocycles. The fraction of sp³-hybridized carbons (Fsp3) is 0.562. The number of nitrogens with one attached hydrogen (secondary N) is 1. The molecule has 1 N–H and O–H groups in total. The van der Waals surface area contributed by atoms with Crippen molar-refractivity contribution < 1.29 is 23.2 Å². The van der Waals surface area contributed by atoms with Gasteiger partial charge in [-0.3, -0.25) is 9.52 Å². The third-order valence-electron chi connectivity index (χ3n) is 10.0. The molecule has 9 heteroatoms. The van der Waals surface area contributed by atoms with Crippen molar-refractivity contribution in [1.82, 2.24) is 4.72 Å². The van der Waals surface area contributed by atoms with Crippen molar-refractivity contribution >= 4 is 38.8 Å². The van der Waals surface area contributed by atoms with Crippen LogP contribution in [0.1, 0.15) is 60.0 Å². The fourth-order valence-electron chi connectivity index (χ4n) is 7.72. The molecule has 7 rings (SSSR count). The van der Waals surface area contributed by atoms with Crippen molar-refractivity contribution in [3.63, 3.8) is 0 Å². The Morgan fingerprint density at radius 2 is 2.00 bits per heavy atom. The van der Waals surface area contributed by atoms with Gasteiger partial charge in [0, 0.05) is 51.8 Å². The first-order valence-electron chi connectivity index (χ1n) is 15.0. The number of halogens is 1. The number of benzene rings is 2. The molecule has 1 spiro atoms. The predicted octanol–water partition coefficient (Wildman–Crippen LogP) is 4.78. The number of ether oxygens (including phenoxy) is 3. The zero-order valence-electron chi connectivity index (χ0n) is 23.4. The maximum absolute atomic E-state index is 13.3. The number of aryl methyl sites for hydroxylation is 1. The van der Waals surface area contributed by atoms with Crippen molar-refractivity contribution in [2.75, 3.05) is 43.6 Å². The van der Waals surface area contributed by atoms with Crippen LogP contribution >= 0.6 is 11.6 Å². The molecule has 220 valence electrons. The number of carbonyl (C=O) groups excluding carboxylic acids is 1. The lowest BCUT2D eigenvalue weighted by Crippen LogP contribution is -2.51. The van der Waals surface area contributed by atoms with E-state index in [-0.39, 0.29) is 29.3 Å². The van der Waals surface area contributed by atoms with Gasteiger partial charge in [-0.15, -0.1) is 0 Å². The van der Waals surface area contributed by atoms with E-state index in [4.69, 9.17) is 25.8 Å². The van der Waals surface area contributed by atoms with Crippen LogP contribution in [0.5, 0.6) is 5.75 Å². The highest BCUT2D eigenvalue weighted by Gasteiger charge is 2.45. The largest absolute Gasteiger partial charge is 0.490 e. The molecule has 41 heavy (non-hydrogen) atoms. The van der Waals surface area contributed by atoms with Crippen LogP contribution in [-0.4, -0.2) is 66.9 Å². The zero-order valence-corrected chi connectivity index (χ0v) is 25.0. The zero-order chi connectivity index (χ0) is 28.2. The normalized spacial score (nSPS) is 35.2. The van der Waals surface area contributed by atoms with Crippen molar-refractivity contribution in [2.24, 2.45) is 11.8 Å². The van der Waals surface area contributed by atoms with Crippen molar-refractivity contribution in [3.8, 4) is 5.75 Å². The topological polar surface area (TPSA) is 77.1 Å². The first-order chi connectivity index (χ1) is 19.8. The van der Waals surface area contributed by atoms with Crippen molar-refractivity contribution in [1.29, 1.82) is 0 Å². The Kier molecular flexibility index (Phi) is 7.25. The van der Waals surface area contributed by atoms with Gasteiger partial charge in [-0.2, -0.15) is 0 Å². The van der Waals surface area contributed by atoms with Crippen molar-refractivity contribution in [3.05, 3.63) is 58.1 Å². The van der Waals surface area contributed by atoms with E-state index in [0.29, 0.717) is 37.2 Å². The highest BCUT2D eigenvalue weighted by molar-refractivity contribution is 7.99. The molecule has 1 amide bonds. The van der Waals surface area contributed by atoms with E-state index in [0.717, 1.165) is 74.5 Å². The van der Waals surface area contributed by atoms with Crippen LogP contribution in [-0.2, 0) is 31.0 Å². The molecule has 2 fully saturated rings. The fourth-order valence-corrected chi connectivity index (χ4v) is 8.84. The van der Waals surface area contributed by atoms with Gasteiger partial charge in [-0.05, 0) is 97.7 Å². The summed E-state index contributed by atoms with van der Waals surface area (Å²) in [7, 11) is -2.86. The van der Waals surface area contributed by atoms with Crippen molar-refractivity contribution in [2.45, 2.75) is 62.6 Å². The molecule has 1 unspecified atom stereocenters. The van der Waals surface area contributed by atoms with Gasteiger partial charge >= 0.3 is 0 Å². The summed E-state index contributed by atoms with van der Waals surface area (Å²) in [6.07, 6.45) is 7.38. The lowest BCUT2D eigenvalue weighted by Gasteiger charge is -2.48. The van der Waals surface area contributed by atoms with E-state index in [1.54, 1.807) is 6.07 Å². The smallest absolute Gasteiger partial charge is 0.262 e. The third-order valence-corrected chi connectivity index (χ3v) is 11.6. The van der Waals surface area contributed by atoms with Crippen LogP contribution in [0.3, 0.4) is 0 Å². The highest BCUT2D eigenvalue weighted by Crippen LogP contribution is 2.47.